The highest BCUT2D eigenvalue weighted by Crippen LogP contribution is 2.42. The van der Waals surface area contributed by atoms with Crippen molar-refractivity contribution in [2.45, 2.75) is 26.2 Å². The van der Waals surface area contributed by atoms with Crippen LogP contribution >= 0.6 is 0 Å². The molecule has 0 N–H and O–H groups in total. The lowest BCUT2D eigenvalue weighted by Gasteiger charge is -2.25. The van der Waals surface area contributed by atoms with E-state index in [1.807, 2.05) is 0 Å². The Morgan fingerprint density at radius 3 is 2.58 bits per heavy atom. The Morgan fingerprint density at radius 1 is 1.00 bits per heavy atom. The van der Waals surface area contributed by atoms with E-state index >= 15 is 0 Å². The van der Waals surface area contributed by atoms with Gasteiger partial charge < -0.3 is 9.90 Å². The molecule has 156 valence electrons. The van der Waals surface area contributed by atoms with E-state index in [0.29, 0.717) is 33.8 Å². The van der Waals surface area contributed by atoms with Crippen LogP contribution in [0.2, 0.25) is 0 Å². The van der Waals surface area contributed by atoms with Crippen LogP contribution < -0.4 is 10.0 Å². The number of carboxylic acid groups (broad SMARTS) is 1. The molecule has 6 heteroatoms. The van der Waals surface area contributed by atoms with E-state index in [1.165, 1.54) is 11.0 Å². The number of pyridine rings is 1. The number of hydrogen-bond donors (Lipinski definition) is 0. The summed E-state index contributed by atoms with van der Waals surface area (Å²) in [6.07, 6.45) is 2.45. The summed E-state index contributed by atoms with van der Waals surface area (Å²) in [6.45, 7) is 2.12. The number of carboxylic acids is 1. The van der Waals surface area contributed by atoms with E-state index in [1.54, 1.807) is 48.5 Å². The summed E-state index contributed by atoms with van der Waals surface area (Å²) >= 11 is 0. The van der Waals surface area contributed by atoms with Crippen LogP contribution in [0, 0.1) is 17.8 Å². The number of nitrogens with zero attached hydrogens (tertiary/aromatic N) is 2. The molecule has 31 heavy (non-hydrogen) atoms. The molecule has 6 nitrogen and oxygen atoms in total. The topological polar surface area (TPSA) is 90.4 Å². The molecule has 0 radical (unpaired) electrons. The highest BCUT2D eigenvalue weighted by molar-refractivity contribution is 6.22. The molecule has 1 aromatic heterocycles. The van der Waals surface area contributed by atoms with Crippen LogP contribution in [0.15, 0.2) is 54.6 Å². The Kier molecular flexibility index (Phi) is 4.58. The van der Waals surface area contributed by atoms with Crippen molar-refractivity contribution in [2.24, 2.45) is 17.8 Å². The van der Waals surface area contributed by atoms with Gasteiger partial charge in [0.2, 0.25) is 11.8 Å². The summed E-state index contributed by atoms with van der Waals surface area (Å²) in [6, 6.07) is 15.5. The highest BCUT2D eigenvalue weighted by Gasteiger charge is 2.49. The van der Waals surface area contributed by atoms with Gasteiger partial charge in [-0.05, 0) is 49.4 Å². The predicted molar refractivity (Wildman–Crippen MR) is 114 cm³/mol. The summed E-state index contributed by atoms with van der Waals surface area (Å²) in [5, 5.41) is 12.2. The summed E-state index contributed by atoms with van der Waals surface area (Å²) < 4.78 is 0. The molecule has 1 saturated carbocycles. The fourth-order valence-electron chi connectivity index (χ4n) is 4.94. The van der Waals surface area contributed by atoms with Gasteiger partial charge >= 0.3 is 0 Å². The lowest BCUT2D eigenvalue weighted by molar-refractivity contribution is -0.254. The minimum Gasteiger partial charge on any atom is -0.545 e. The average molecular weight is 413 g/mol. The number of carbonyl (C=O) groups excluding carboxylic acids is 3. The number of aromatic nitrogens is 1. The summed E-state index contributed by atoms with van der Waals surface area (Å²) in [5.74, 6) is -1.60. The number of aromatic carboxylic acids is 1. The molecular formula is C25H21N2O4-. The first-order chi connectivity index (χ1) is 14.9. The molecule has 3 aromatic rings. The molecule has 1 aliphatic carbocycles. The number of benzene rings is 2. The summed E-state index contributed by atoms with van der Waals surface area (Å²) in [7, 11) is 0. The molecule has 2 amide bonds. The molecule has 2 heterocycles. The second kappa shape index (κ2) is 7.30. The number of para-hydroxylation sites is 1. The van der Waals surface area contributed by atoms with Gasteiger partial charge in [-0.2, -0.15) is 0 Å². The van der Waals surface area contributed by atoms with Crippen molar-refractivity contribution >= 4 is 34.4 Å². The fourth-order valence-corrected chi connectivity index (χ4v) is 4.94. The van der Waals surface area contributed by atoms with Crippen molar-refractivity contribution in [1.29, 1.82) is 0 Å². The van der Waals surface area contributed by atoms with E-state index in [4.69, 9.17) is 0 Å². The Hall–Kier alpha value is -3.54. The predicted octanol–water partition coefficient (Wildman–Crippen LogP) is 3.19. The molecule has 0 spiro atoms. The minimum atomic E-state index is -1.28. The van der Waals surface area contributed by atoms with Gasteiger partial charge in [-0.3, -0.25) is 14.5 Å². The number of anilines is 1. The Bertz CT molecular complexity index is 1240. The highest BCUT2D eigenvalue weighted by atomic mass is 16.4. The zero-order chi connectivity index (χ0) is 21.7. The van der Waals surface area contributed by atoms with Crippen LogP contribution in [-0.2, 0) is 9.59 Å². The first-order valence-electron chi connectivity index (χ1n) is 10.5. The maximum absolute atomic E-state index is 13.1. The third kappa shape index (κ3) is 3.19. The number of fused-ring (bicyclic) bond motifs is 2. The maximum atomic E-state index is 13.1. The molecule has 3 atom stereocenters. The minimum absolute atomic E-state index is 0.0549. The van der Waals surface area contributed by atoms with E-state index in [9.17, 15) is 19.5 Å². The lowest BCUT2D eigenvalue weighted by atomic mass is 9.76. The third-order valence-corrected chi connectivity index (χ3v) is 6.52. The zero-order valence-corrected chi connectivity index (χ0v) is 17.1. The second-order valence-corrected chi connectivity index (χ2v) is 8.55. The SMILES string of the molecule is C[C@@H]1CC[C@@H]2C(=O)N(c3cccc(-c4cc(C(=O)[O-])c5ccccc5n4)c3)C(=O)[C@@H]2C1. The Balaban J connectivity index is 1.57. The molecule has 0 bridgehead atoms. The van der Waals surface area contributed by atoms with Gasteiger partial charge in [0.15, 0.2) is 0 Å². The largest absolute Gasteiger partial charge is 0.545 e. The molecule has 1 saturated heterocycles. The summed E-state index contributed by atoms with van der Waals surface area (Å²) in [5.41, 5.74) is 2.18. The summed E-state index contributed by atoms with van der Waals surface area (Å²) in [4.78, 5) is 43.7. The monoisotopic (exact) mass is 413 g/mol. The van der Waals surface area contributed by atoms with E-state index in [-0.39, 0.29) is 29.2 Å². The first-order valence-corrected chi connectivity index (χ1v) is 10.5. The van der Waals surface area contributed by atoms with Gasteiger partial charge in [-0.15, -0.1) is 0 Å². The third-order valence-electron chi connectivity index (χ3n) is 6.52. The molecule has 2 aliphatic rings. The number of hydrogen-bond acceptors (Lipinski definition) is 5. The van der Waals surface area contributed by atoms with Crippen LogP contribution in [0.3, 0.4) is 0 Å². The van der Waals surface area contributed by atoms with Crippen molar-refractivity contribution < 1.29 is 19.5 Å². The number of amides is 2. The smallest absolute Gasteiger partial charge is 0.237 e. The number of rotatable bonds is 3. The van der Waals surface area contributed by atoms with Gasteiger partial charge in [0.1, 0.15) is 0 Å². The lowest BCUT2D eigenvalue weighted by Crippen LogP contribution is -2.30. The molecule has 2 aromatic carbocycles. The first kappa shape index (κ1) is 19.4. The Labute approximate surface area is 179 Å². The second-order valence-electron chi connectivity index (χ2n) is 8.55. The van der Waals surface area contributed by atoms with Gasteiger partial charge in [0.05, 0.1) is 34.7 Å². The quantitative estimate of drug-likeness (QED) is 0.615. The van der Waals surface area contributed by atoms with E-state index in [2.05, 4.69) is 11.9 Å². The van der Waals surface area contributed by atoms with Crippen molar-refractivity contribution in [3.63, 3.8) is 0 Å². The van der Waals surface area contributed by atoms with Crippen molar-refractivity contribution in [3.8, 4) is 11.3 Å². The molecule has 2 fully saturated rings. The van der Waals surface area contributed by atoms with Crippen molar-refractivity contribution in [2.75, 3.05) is 4.90 Å². The van der Waals surface area contributed by atoms with Gasteiger partial charge in [0.25, 0.3) is 0 Å². The van der Waals surface area contributed by atoms with Crippen molar-refractivity contribution in [3.05, 3.63) is 60.2 Å². The van der Waals surface area contributed by atoms with E-state index in [0.717, 1.165) is 19.3 Å². The molecular weight excluding hydrogens is 392 g/mol. The maximum Gasteiger partial charge on any atom is 0.237 e. The number of imide groups is 1. The van der Waals surface area contributed by atoms with Gasteiger partial charge in [-0.25, -0.2) is 4.98 Å². The fraction of sp³-hybridized carbons (Fsp3) is 0.280. The van der Waals surface area contributed by atoms with Gasteiger partial charge in [0, 0.05) is 16.5 Å². The van der Waals surface area contributed by atoms with Crippen LogP contribution in [0.1, 0.15) is 36.5 Å². The van der Waals surface area contributed by atoms with E-state index < -0.39 is 5.97 Å². The number of carbonyl (C=O) groups is 3. The van der Waals surface area contributed by atoms with Gasteiger partial charge in [-0.1, -0.05) is 37.3 Å². The molecule has 0 unspecified atom stereocenters. The van der Waals surface area contributed by atoms with Crippen LogP contribution in [0.4, 0.5) is 5.69 Å². The van der Waals surface area contributed by atoms with Crippen molar-refractivity contribution in [1.82, 2.24) is 4.98 Å². The molecule has 1 aliphatic heterocycles. The zero-order valence-electron chi connectivity index (χ0n) is 17.1. The van der Waals surface area contributed by atoms with Crippen LogP contribution in [0.5, 0.6) is 0 Å². The molecule has 5 rings (SSSR count). The average Bonchev–Trinajstić information content (AvgIpc) is 3.02. The van der Waals surface area contributed by atoms with Crippen LogP contribution in [0.25, 0.3) is 22.2 Å². The standard InChI is InChI=1S/C25H22N2O4/c1-14-9-10-18-19(11-14)24(29)27(23(18)28)16-6-4-5-15(12-16)22-13-20(25(30)31)17-7-2-3-8-21(17)26-22/h2-8,12-14,18-19H,9-11H2,1H3,(H,30,31)/p-1/t14-,18+,19-/m1/s1. The normalized spacial score (nSPS) is 23.3. The Morgan fingerprint density at radius 2 is 1.77 bits per heavy atom. The van der Waals surface area contributed by atoms with Crippen LogP contribution in [-0.4, -0.2) is 22.8 Å².